The summed E-state index contributed by atoms with van der Waals surface area (Å²) in [6, 6.07) is 16.2. The summed E-state index contributed by atoms with van der Waals surface area (Å²) in [4.78, 5) is 16.3. The molecule has 1 amide bonds. The number of aromatic nitrogens is 2. The molecule has 2 aliphatic heterocycles. The molecule has 0 bridgehead atoms. The van der Waals surface area contributed by atoms with Crippen LogP contribution in [-0.2, 0) is 27.8 Å². The third kappa shape index (κ3) is 5.77. The van der Waals surface area contributed by atoms with Gasteiger partial charge in [0.1, 0.15) is 5.60 Å². The lowest BCUT2D eigenvalue weighted by molar-refractivity contribution is -0.254. The number of likely N-dealkylation sites (tertiary alicyclic amines) is 1. The van der Waals surface area contributed by atoms with Crippen LogP contribution in [0.15, 0.2) is 48.7 Å². The molecule has 5 rings (SSSR count). The first-order valence-electron chi connectivity index (χ1n) is 13.0. The van der Waals surface area contributed by atoms with Gasteiger partial charge in [-0.3, -0.25) is 4.68 Å². The second kappa shape index (κ2) is 10.3. The van der Waals surface area contributed by atoms with Crippen molar-refractivity contribution < 1.29 is 19.0 Å². The molecule has 3 aromatic rings. The quantitative estimate of drug-likeness (QED) is 0.477. The van der Waals surface area contributed by atoms with Crippen LogP contribution in [0.25, 0.3) is 10.9 Å². The number of carbonyl (C=O) groups excluding carboxylic acids is 1. The summed E-state index contributed by atoms with van der Waals surface area (Å²) >= 11 is 0. The number of ether oxygens (including phenoxy) is 3. The summed E-state index contributed by atoms with van der Waals surface area (Å²) in [5, 5.41) is 14.7. The largest absolute Gasteiger partial charge is 0.444 e. The van der Waals surface area contributed by atoms with Crippen molar-refractivity contribution in [1.29, 1.82) is 5.26 Å². The fraction of sp³-hybridized carbons (Fsp3) is 0.483. The van der Waals surface area contributed by atoms with E-state index >= 15 is 0 Å². The minimum atomic E-state index is -0.505. The van der Waals surface area contributed by atoms with Gasteiger partial charge in [-0.25, -0.2) is 4.79 Å². The molecule has 9 heteroatoms. The Kier molecular flexibility index (Phi) is 7.03. The zero-order valence-electron chi connectivity index (χ0n) is 22.5. The van der Waals surface area contributed by atoms with Gasteiger partial charge >= 0.3 is 6.09 Å². The number of fused-ring (bicyclic) bond motifs is 1. The second-order valence-corrected chi connectivity index (χ2v) is 11.4. The number of hydrogen-bond acceptors (Lipinski definition) is 7. The van der Waals surface area contributed by atoms with Crippen molar-refractivity contribution in [3.05, 3.63) is 59.8 Å². The van der Waals surface area contributed by atoms with Crippen LogP contribution in [0.2, 0.25) is 0 Å². The monoisotopic (exact) mass is 517 g/mol. The van der Waals surface area contributed by atoms with Crippen molar-refractivity contribution in [3.8, 4) is 6.07 Å². The van der Waals surface area contributed by atoms with Crippen LogP contribution in [0.4, 0.5) is 10.5 Å². The van der Waals surface area contributed by atoms with Gasteiger partial charge in [-0.15, -0.1) is 0 Å². The van der Waals surface area contributed by atoms with Crippen LogP contribution < -0.4 is 4.90 Å². The number of carbonyl (C=O) groups is 1. The molecule has 1 aromatic heterocycles. The van der Waals surface area contributed by atoms with E-state index in [0.717, 1.165) is 23.1 Å². The normalized spacial score (nSPS) is 17.3. The molecule has 0 N–H and O–H groups in total. The molecule has 3 heterocycles. The van der Waals surface area contributed by atoms with Gasteiger partial charge in [-0.05, 0) is 62.7 Å². The molecule has 2 aromatic carbocycles. The molecule has 9 nitrogen and oxygen atoms in total. The van der Waals surface area contributed by atoms with E-state index in [2.05, 4.69) is 34.3 Å². The number of benzene rings is 2. The predicted molar refractivity (Wildman–Crippen MR) is 143 cm³/mol. The number of hydrogen-bond donors (Lipinski definition) is 0. The average Bonchev–Trinajstić information content (AvgIpc) is 3.24. The lowest BCUT2D eigenvalue weighted by Gasteiger charge is -2.52. The lowest BCUT2D eigenvalue weighted by Crippen LogP contribution is -2.65. The molecule has 2 saturated heterocycles. The molecule has 200 valence electrons. The van der Waals surface area contributed by atoms with Crippen molar-refractivity contribution >= 4 is 22.7 Å². The number of nitrogens with zero attached hydrogens (tertiary/aromatic N) is 5. The van der Waals surface area contributed by atoms with Gasteiger partial charge in [-0.1, -0.05) is 6.07 Å². The summed E-state index contributed by atoms with van der Waals surface area (Å²) in [6.07, 6.45) is 1.99. The summed E-state index contributed by atoms with van der Waals surface area (Å²) < 4.78 is 19.6. The number of nitriles is 1. The zero-order valence-corrected chi connectivity index (χ0v) is 22.5. The van der Waals surface area contributed by atoms with Crippen LogP contribution in [0, 0.1) is 16.7 Å². The van der Waals surface area contributed by atoms with E-state index in [1.54, 1.807) is 4.90 Å². The molecule has 0 saturated carbocycles. The molecule has 0 atom stereocenters. The Balaban J connectivity index is 1.19. The Bertz CT molecular complexity index is 1320. The third-order valence-electron chi connectivity index (χ3n) is 7.04. The number of anilines is 1. The van der Waals surface area contributed by atoms with E-state index < -0.39 is 5.60 Å². The molecular weight excluding hydrogens is 482 g/mol. The Morgan fingerprint density at radius 1 is 1.18 bits per heavy atom. The summed E-state index contributed by atoms with van der Waals surface area (Å²) in [7, 11) is 1.94. The Morgan fingerprint density at radius 3 is 2.55 bits per heavy atom. The van der Waals surface area contributed by atoms with E-state index in [9.17, 15) is 10.1 Å². The van der Waals surface area contributed by atoms with Crippen LogP contribution >= 0.6 is 0 Å². The van der Waals surface area contributed by atoms with Gasteiger partial charge in [0.2, 0.25) is 0 Å². The molecule has 1 spiro atoms. The molecule has 2 fully saturated rings. The summed E-state index contributed by atoms with van der Waals surface area (Å²) in [5.74, 6) is 0. The lowest BCUT2D eigenvalue weighted by atomic mass is 9.81. The number of aryl methyl sites for hydroxylation is 1. The van der Waals surface area contributed by atoms with Gasteiger partial charge in [0.15, 0.2) is 6.29 Å². The predicted octanol–water partition coefficient (Wildman–Crippen LogP) is 4.45. The molecule has 0 aliphatic carbocycles. The Morgan fingerprint density at radius 2 is 1.89 bits per heavy atom. The first-order chi connectivity index (χ1) is 18.1. The van der Waals surface area contributed by atoms with Crippen LogP contribution in [-0.4, -0.2) is 65.5 Å². The molecule has 38 heavy (non-hydrogen) atoms. The van der Waals surface area contributed by atoms with Gasteiger partial charge in [0.05, 0.1) is 42.0 Å². The van der Waals surface area contributed by atoms with Crippen LogP contribution in [0.1, 0.15) is 38.3 Å². The van der Waals surface area contributed by atoms with Crippen LogP contribution in [0.5, 0.6) is 0 Å². The van der Waals surface area contributed by atoms with Crippen molar-refractivity contribution in [2.45, 2.75) is 45.6 Å². The number of amides is 1. The van der Waals surface area contributed by atoms with E-state index in [-0.39, 0.29) is 17.8 Å². The van der Waals surface area contributed by atoms with E-state index in [1.165, 1.54) is 5.56 Å². The fourth-order valence-electron chi connectivity index (χ4n) is 5.04. The second-order valence-electron chi connectivity index (χ2n) is 11.4. The average molecular weight is 518 g/mol. The van der Waals surface area contributed by atoms with Gasteiger partial charge in [0.25, 0.3) is 0 Å². The van der Waals surface area contributed by atoms with Gasteiger partial charge in [0, 0.05) is 50.7 Å². The third-order valence-corrected chi connectivity index (χ3v) is 7.04. The number of rotatable bonds is 6. The minimum Gasteiger partial charge on any atom is -0.444 e. The van der Waals surface area contributed by atoms with Crippen molar-refractivity contribution in [1.82, 2.24) is 14.7 Å². The van der Waals surface area contributed by atoms with Crippen LogP contribution in [0.3, 0.4) is 0 Å². The maximum atomic E-state index is 12.3. The minimum absolute atomic E-state index is 0.153. The van der Waals surface area contributed by atoms with Crippen molar-refractivity contribution in [3.63, 3.8) is 0 Å². The highest BCUT2D eigenvalue weighted by Crippen LogP contribution is 2.36. The van der Waals surface area contributed by atoms with Gasteiger partial charge < -0.3 is 24.0 Å². The molecular formula is C29H35N5O4. The van der Waals surface area contributed by atoms with Crippen molar-refractivity contribution in [2.24, 2.45) is 12.5 Å². The Hall–Kier alpha value is -3.61. The smallest absolute Gasteiger partial charge is 0.410 e. The first-order valence-corrected chi connectivity index (χ1v) is 13.0. The van der Waals surface area contributed by atoms with Gasteiger partial charge in [-0.2, -0.15) is 10.4 Å². The molecule has 2 aliphatic rings. The zero-order chi connectivity index (χ0) is 26.9. The molecule has 0 unspecified atom stereocenters. The topological polar surface area (TPSA) is 92.8 Å². The standard InChI is InChI=1S/C29H35N5O4/c1-28(2,3)38-27(35)34-17-29(18-34)19-36-26(37-20-29)11-12-33(24-8-5-21(14-30)6-9-24)16-22-7-10-25-23(13-22)15-31-32(25)4/h5-10,13,15,26H,11-12,16-20H2,1-4H3. The highest BCUT2D eigenvalue weighted by molar-refractivity contribution is 5.79. The highest BCUT2D eigenvalue weighted by atomic mass is 16.7. The maximum absolute atomic E-state index is 12.3. The Labute approximate surface area is 223 Å². The van der Waals surface area contributed by atoms with E-state index in [4.69, 9.17) is 14.2 Å². The summed E-state index contributed by atoms with van der Waals surface area (Å²) in [6.45, 7) is 9.34. The highest BCUT2D eigenvalue weighted by Gasteiger charge is 2.49. The SMILES string of the molecule is Cn1ncc2cc(CN(CCC3OCC4(CO3)CN(C(=O)OC(C)(C)C)C4)c3ccc(C#N)cc3)ccc21. The first kappa shape index (κ1) is 26.0. The van der Waals surface area contributed by atoms with E-state index in [0.29, 0.717) is 44.8 Å². The summed E-state index contributed by atoms with van der Waals surface area (Å²) in [5.41, 5.74) is 3.29. The molecule has 0 radical (unpaired) electrons. The van der Waals surface area contributed by atoms with E-state index in [1.807, 2.05) is 63.0 Å². The fourth-order valence-corrected chi connectivity index (χ4v) is 5.04. The van der Waals surface area contributed by atoms with Crippen molar-refractivity contribution in [2.75, 3.05) is 37.7 Å². The maximum Gasteiger partial charge on any atom is 0.410 e.